The number of rotatable bonds is 2. The van der Waals surface area contributed by atoms with E-state index in [0.29, 0.717) is 5.41 Å². The van der Waals surface area contributed by atoms with E-state index in [1.165, 1.54) is 12.8 Å². The Morgan fingerprint density at radius 1 is 1.23 bits per heavy atom. The molecule has 0 saturated heterocycles. The van der Waals surface area contributed by atoms with E-state index in [0.717, 1.165) is 24.0 Å². The molecule has 3 nitrogen and oxygen atoms in total. The third-order valence-electron chi connectivity index (χ3n) is 5.97. The zero-order valence-electron chi connectivity index (χ0n) is 13.6. The van der Waals surface area contributed by atoms with E-state index < -0.39 is 5.97 Å². The van der Waals surface area contributed by atoms with E-state index in [4.69, 9.17) is 5.11 Å². The lowest BCUT2D eigenvalue weighted by Crippen LogP contribution is -2.35. The lowest BCUT2D eigenvalue weighted by atomic mass is 9.70. The molecule has 3 atom stereocenters. The van der Waals surface area contributed by atoms with E-state index >= 15 is 0 Å². The molecule has 0 spiro atoms. The molecule has 2 aliphatic carbocycles. The zero-order valence-corrected chi connectivity index (χ0v) is 13.6. The molecular formula is C19H26O3. The van der Waals surface area contributed by atoms with Gasteiger partial charge in [0.1, 0.15) is 0 Å². The summed E-state index contributed by atoms with van der Waals surface area (Å²) in [4.78, 5) is 10.1. The minimum atomic E-state index is -0.922. The molecule has 22 heavy (non-hydrogen) atoms. The average Bonchev–Trinajstić information content (AvgIpc) is 2.80. The summed E-state index contributed by atoms with van der Waals surface area (Å²) in [7, 11) is 0. The molecule has 0 aromatic heterocycles. The van der Waals surface area contributed by atoms with Gasteiger partial charge in [-0.2, -0.15) is 0 Å². The van der Waals surface area contributed by atoms with Crippen molar-refractivity contribution in [2.45, 2.75) is 46.1 Å². The predicted octanol–water partition coefficient (Wildman–Crippen LogP) is 3.98. The summed E-state index contributed by atoms with van der Waals surface area (Å²) in [6, 6.07) is 9.31. The third kappa shape index (κ3) is 3.09. The number of carboxylic acid groups (broad SMARTS) is 1. The van der Waals surface area contributed by atoms with Crippen molar-refractivity contribution in [1.29, 1.82) is 0 Å². The fourth-order valence-corrected chi connectivity index (χ4v) is 3.89. The van der Waals surface area contributed by atoms with Gasteiger partial charge in [0.15, 0.2) is 0 Å². The van der Waals surface area contributed by atoms with Gasteiger partial charge in [-0.1, -0.05) is 51.1 Å². The van der Waals surface area contributed by atoms with E-state index in [2.05, 4.69) is 20.8 Å². The molecule has 2 bridgehead atoms. The number of aliphatic hydroxyl groups excluding tert-OH is 1. The molecule has 0 amide bonds. The molecule has 2 aliphatic rings. The number of aliphatic carboxylic acids is 1. The van der Waals surface area contributed by atoms with Crippen molar-refractivity contribution in [3.05, 3.63) is 42.0 Å². The van der Waals surface area contributed by atoms with Crippen LogP contribution in [0.25, 0.3) is 6.08 Å². The fraction of sp³-hybridized carbons (Fsp3) is 0.526. The van der Waals surface area contributed by atoms with Crippen LogP contribution >= 0.6 is 0 Å². The first-order valence-corrected chi connectivity index (χ1v) is 7.91. The van der Waals surface area contributed by atoms with Gasteiger partial charge in [0.25, 0.3) is 0 Å². The average molecular weight is 302 g/mol. The topological polar surface area (TPSA) is 57.5 Å². The predicted molar refractivity (Wildman–Crippen MR) is 88.3 cm³/mol. The van der Waals surface area contributed by atoms with Gasteiger partial charge in [-0.15, -0.1) is 0 Å². The van der Waals surface area contributed by atoms with Crippen molar-refractivity contribution in [2.75, 3.05) is 0 Å². The van der Waals surface area contributed by atoms with Crippen molar-refractivity contribution < 1.29 is 15.0 Å². The summed E-state index contributed by atoms with van der Waals surface area (Å²) in [5.41, 5.74) is 1.50. The second-order valence-electron chi connectivity index (χ2n) is 7.21. The number of hydrogen-bond donors (Lipinski definition) is 2. The highest BCUT2D eigenvalue weighted by atomic mass is 16.4. The number of fused-ring (bicyclic) bond motifs is 2. The molecule has 3 unspecified atom stereocenters. The van der Waals surface area contributed by atoms with Gasteiger partial charge in [0, 0.05) is 6.08 Å². The monoisotopic (exact) mass is 302 g/mol. The van der Waals surface area contributed by atoms with Crippen molar-refractivity contribution >= 4 is 12.0 Å². The zero-order chi connectivity index (χ0) is 16.4. The smallest absolute Gasteiger partial charge is 0.328 e. The Kier molecular flexibility index (Phi) is 4.76. The van der Waals surface area contributed by atoms with Gasteiger partial charge in [-0.3, -0.25) is 0 Å². The van der Waals surface area contributed by atoms with Gasteiger partial charge in [0.05, 0.1) is 6.10 Å². The van der Waals surface area contributed by atoms with Crippen LogP contribution in [-0.2, 0) is 4.79 Å². The summed E-state index contributed by atoms with van der Waals surface area (Å²) < 4.78 is 0. The highest BCUT2D eigenvalue weighted by molar-refractivity contribution is 5.85. The van der Waals surface area contributed by atoms with E-state index in [-0.39, 0.29) is 11.5 Å². The molecule has 0 aliphatic heterocycles. The van der Waals surface area contributed by atoms with Crippen LogP contribution in [0, 0.1) is 16.7 Å². The molecule has 3 rings (SSSR count). The molecule has 0 radical (unpaired) electrons. The van der Waals surface area contributed by atoms with Crippen LogP contribution in [-0.4, -0.2) is 22.3 Å². The Morgan fingerprint density at radius 3 is 2.23 bits per heavy atom. The normalized spacial score (nSPS) is 31.8. The Hall–Kier alpha value is -1.61. The minimum absolute atomic E-state index is 0.0313. The van der Waals surface area contributed by atoms with Crippen molar-refractivity contribution in [3.8, 4) is 0 Å². The molecular weight excluding hydrogens is 276 g/mol. The van der Waals surface area contributed by atoms with Crippen molar-refractivity contribution in [1.82, 2.24) is 0 Å². The second-order valence-corrected chi connectivity index (χ2v) is 7.21. The Labute approximate surface area is 132 Å². The first-order valence-electron chi connectivity index (χ1n) is 7.91. The third-order valence-corrected chi connectivity index (χ3v) is 5.97. The number of aliphatic hydroxyl groups is 1. The highest BCUT2D eigenvalue weighted by Crippen LogP contribution is 2.65. The largest absolute Gasteiger partial charge is 0.478 e. The maximum Gasteiger partial charge on any atom is 0.328 e. The highest BCUT2D eigenvalue weighted by Gasteiger charge is 2.60. The first kappa shape index (κ1) is 16.8. The molecule has 2 saturated carbocycles. The van der Waals surface area contributed by atoms with Gasteiger partial charge in [-0.25, -0.2) is 4.79 Å². The van der Waals surface area contributed by atoms with Gasteiger partial charge in [0.2, 0.25) is 0 Å². The molecule has 2 fully saturated rings. The summed E-state index contributed by atoms with van der Waals surface area (Å²) in [5, 5.41) is 18.1. The molecule has 1 aromatic rings. The van der Waals surface area contributed by atoms with Gasteiger partial charge in [-0.05, 0) is 47.6 Å². The summed E-state index contributed by atoms with van der Waals surface area (Å²) >= 11 is 0. The Morgan fingerprint density at radius 2 is 1.86 bits per heavy atom. The second kappa shape index (κ2) is 6.25. The van der Waals surface area contributed by atoms with Gasteiger partial charge < -0.3 is 10.2 Å². The molecule has 1 aromatic carbocycles. The number of hydrogen-bond acceptors (Lipinski definition) is 2. The Balaban J connectivity index is 0.000000160. The van der Waals surface area contributed by atoms with Crippen LogP contribution < -0.4 is 0 Å². The first-order chi connectivity index (χ1) is 10.3. The molecule has 2 N–H and O–H groups in total. The van der Waals surface area contributed by atoms with Crippen LogP contribution in [0.3, 0.4) is 0 Å². The quantitative estimate of drug-likeness (QED) is 0.812. The number of carbonyl (C=O) groups is 1. The molecule has 0 heterocycles. The lowest BCUT2D eigenvalue weighted by molar-refractivity contribution is -0.131. The van der Waals surface area contributed by atoms with Gasteiger partial charge >= 0.3 is 5.97 Å². The maximum atomic E-state index is 10.1. The SMILES string of the molecule is CC1(C)C2CCC1(C)C(O)C2.O=C(O)C=Cc1ccccc1. The van der Waals surface area contributed by atoms with Crippen molar-refractivity contribution in [3.63, 3.8) is 0 Å². The Bertz CT molecular complexity index is 547. The summed E-state index contributed by atoms with van der Waals surface area (Å²) in [6.07, 6.45) is 6.25. The fourth-order valence-electron chi connectivity index (χ4n) is 3.89. The number of benzene rings is 1. The van der Waals surface area contributed by atoms with Crippen LogP contribution in [0.2, 0.25) is 0 Å². The van der Waals surface area contributed by atoms with Crippen LogP contribution in [0.4, 0.5) is 0 Å². The van der Waals surface area contributed by atoms with Crippen LogP contribution in [0.1, 0.15) is 45.6 Å². The van der Waals surface area contributed by atoms with Crippen LogP contribution in [0.15, 0.2) is 36.4 Å². The molecule has 3 heteroatoms. The minimum Gasteiger partial charge on any atom is -0.478 e. The van der Waals surface area contributed by atoms with Crippen molar-refractivity contribution in [2.24, 2.45) is 16.7 Å². The van der Waals surface area contributed by atoms with Crippen LogP contribution in [0.5, 0.6) is 0 Å². The maximum absolute atomic E-state index is 10.1. The standard InChI is InChI=1S/C10H18O.C9H8O2/c1-9(2)7-4-5-10(9,3)8(11)6-7;10-9(11)7-6-8-4-2-1-3-5-8/h7-8,11H,4-6H2,1-3H3;1-7H,(H,10,11). The lowest BCUT2D eigenvalue weighted by Gasteiger charge is -2.36. The summed E-state index contributed by atoms with van der Waals surface area (Å²) in [6.45, 7) is 6.90. The van der Waals surface area contributed by atoms with E-state index in [1.807, 2.05) is 30.3 Å². The summed E-state index contributed by atoms with van der Waals surface area (Å²) in [5.74, 6) is -0.142. The molecule has 120 valence electrons. The van der Waals surface area contributed by atoms with E-state index in [9.17, 15) is 9.90 Å². The van der Waals surface area contributed by atoms with E-state index in [1.54, 1.807) is 6.08 Å². The number of carboxylic acids is 1.